The van der Waals surface area contributed by atoms with E-state index in [4.69, 9.17) is 13.9 Å². The summed E-state index contributed by atoms with van der Waals surface area (Å²) in [4.78, 5) is 11.7. The van der Waals surface area contributed by atoms with E-state index in [1.165, 1.54) is 6.08 Å². The molecule has 1 aromatic heterocycles. The zero-order valence-corrected chi connectivity index (χ0v) is 17.4. The number of furan rings is 1. The number of rotatable bonds is 9. The highest BCUT2D eigenvalue weighted by molar-refractivity contribution is 5.91. The number of hydrogen-bond acceptors (Lipinski definition) is 4. The van der Waals surface area contributed by atoms with Gasteiger partial charge in [0.15, 0.2) is 0 Å². The Labute approximate surface area is 172 Å². The summed E-state index contributed by atoms with van der Waals surface area (Å²) in [5, 5.41) is 1.10. The van der Waals surface area contributed by atoms with Gasteiger partial charge in [-0.15, -0.1) is 0 Å². The molecule has 0 radical (unpaired) electrons. The van der Waals surface area contributed by atoms with Crippen molar-refractivity contribution < 1.29 is 18.7 Å². The van der Waals surface area contributed by atoms with E-state index < -0.39 is 0 Å². The van der Waals surface area contributed by atoms with Crippen LogP contribution < -0.4 is 4.74 Å². The summed E-state index contributed by atoms with van der Waals surface area (Å²) in [5.41, 5.74) is 3.78. The van der Waals surface area contributed by atoms with Crippen LogP contribution in [0.4, 0.5) is 0 Å². The van der Waals surface area contributed by atoms with Crippen molar-refractivity contribution in [2.45, 2.75) is 46.6 Å². The van der Waals surface area contributed by atoms with E-state index in [9.17, 15) is 4.79 Å². The first-order chi connectivity index (χ1) is 14.1. The van der Waals surface area contributed by atoms with Gasteiger partial charge in [0.1, 0.15) is 23.7 Å². The second kappa shape index (κ2) is 9.97. The molecule has 0 N–H and O–H groups in total. The predicted octanol–water partition coefficient (Wildman–Crippen LogP) is 6.32. The minimum Gasteiger partial charge on any atom is -0.489 e. The van der Waals surface area contributed by atoms with Gasteiger partial charge in [-0.25, -0.2) is 4.79 Å². The van der Waals surface area contributed by atoms with Gasteiger partial charge in [0, 0.05) is 23.4 Å². The molecular weight excluding hydrogens is 364 g/mol. The molecule has 29 heavy (non-hydrogen) atoms. The third kappa shape index (κ3) is 5.29. The molecule has 0 aliphatic carbocycles. The lowest BCUT2D eigenvalue weighted by Crippen LogP contribution is -2.01. The number of esters is 1. The average molecular weight is 392 g/mol. The van der Waals surface area contributed by atoms with Gasteiger partial charge >= 0.3 is 5.97 Å². The van der Waals surface area contributed by atoms with Crippen molar-refractivity contribution in [1.82, 2.24) is 0 Å². The molecule has 1 heterocycles. The van der Waals surface area contributed by atoms with Crippen LogP contribution >= 0.6 is 0 Å². The molecule has 4 nitrogen and oxygen atoms in total. The average Bonchev–Trinajstić information content (AvgIpc) is 3.08. The van der Waals surface area contributed by atoms with E-state index in [1.54, 1.807) is 6.92 Å². The molecule has 4 heteroatoms. The van der Waals surface area contributed by atoms with Crippen LogP contribution in [0.1, 0.15) is 50.5 Å². The highest BCUT2D eigenvalue weighted by atomic mass is 16.5. The standard InChI is InChI=1S/C25H28O4/c1-4-6-13-24-22(21-12-7-8-14-23(21)29-24)17-28-20-11-9-10-19(16-20)18(3)15-25(26)27-5-2/h7-12,14-16H,4-6,13,17H2,1-3H3/b18-15+. The lowest BCUT2D eigenvalue weighted by Gasteiger charge is -2.09. The molecule has 0 amide bonds. The van der Waals surface area contributed by atoms with Crippen molar-refractivity contribution in [2.75, 3.05) is 6.61 Å². The molecule has 0 atom stereocenters. The number of carbonyl (C=O) groups is 1. The van der Waals surface area contributed by atoms with Crippen LogP contribution in [0.5, 0.6) is 5.75 Å². The fourth-order valence-corrected chi connectivity index (χ4v) is 3.28. The minimum atomic E-state index is -0.332. The van der Waals surface area contributed by atoms with E-state index >= 15 is 0 Å². The van der Waals surface area contributed by atoms with Gasteiger partial charge in [0.25, 0.3) is 0 Å². The van der Waals surface area contributed by atoms with Gasteiger partial charge < -0.3 is 13.9 Å². The molecule has 0 aliphatic heterocycles. The van der Waals surface area contributed by atoms with Crippen LogP contribution in [-0.4, -0.2) is 12.6 Å². The summed E-state index contributed by atoms with van der Waals surface area (Å²) in [7, 11) is 0. The zero-order chi connectivity index (χ0) is 20.6. The van der Waals surface area contributed by atoms with Crippen molar-refractivity contribution in [3.63, 3.8) is 0 Å². The second-order valence-corrected chi connectivity index (χ2v) is 7.00. The number of hydrogen-bond donors (Lipinski definition) is 0. The quantitative estimate of drug-likeness (QED) is 0.316. The number of para-hydroxylation sites is 1. The maximum Gasteiger partial charge on any atom is 0.331 e. The number of unbranched alkanes of at least 4 members (excludes halogenated alkanes) is 1. The van der Waals surface area contributed by atoms with Crippen LogP contribution in [0.3, 0.4) is 0 Å². The lowest BCUT2D eigenvalue weighted by atomic mass is 10.1. The smallest absolute Gasteiger partial charge is 0.331 e. The van der Waals surface area contributed by atoms with Crippen molar-refractivity contribution in [3.8, 4) is 5.75 Å². The Hall–Kier alpha value is -3.01. The minimum absolute atomic E-state index is 0.332. The predicted molar refractivity (Wildman–Crippen MR) is 116 cm³/mol. The van der Waals surface area contributed by atoms with Crippen molar-refractivity contribution in [3.05, 3.63) is 71.5 Å². The van der Waals surface area contributed by atoms with Crippen LogP contribution in [-0.2, 0) is 22.6 Å². The molecular formula is C25H28O4. The third-order valence-electron chi connectivity index (χ3n) is 4.83. The molecule has 3 aromatic rings. The Kier molecular flexibility index (Phi) is 7.12. The summed E-state index contributed by atoms with van der Waals surface area (Å²) in [6.45, 7) is 6.67. The number of fused-ring (bicyclic) bond motifs is 1. The second-order valence-electron chi connectivity index (χ2n) is 7.00. The lowest BCUT2D eigenvalue weighted by molar-refractivity contribution is -0.137. The molecule has 0 aliphatic rings. The Morgan fingerprint density at radius 2 is 1.93 bits per heavy atom. The van der Waals surface area contributed by atoms with Crippen molar-refractivity contribution >= 4 is 22.5 Å². The fraction of sp³-hybridized carbons (Fsp3) is 0.320. The molecule has 0 bridgehead atoms. The SMILES string of the molecule is CCCCc1oc2ccccc2c1COc1cccc(/C(C)=C/C(=O)OCC)c1. The van der Waals surface area contributed by atoms with E-state index in [2.05, 4.69) is 13.0 Å². The van der Waals surface area contributed by atoms with Gasteiger partial charge in [-0.2, -0.15) is 0 Å². The molecule has 0 spiro atoms. The molecule has 2 aromatic carbocycles. The first-order valence-corrected chi connectivity index (χ1v) is 10.2. The molecule has 0 unspecified atom stereocenters. The summed E-state index contributed by atoms with van der Waals surface area (Å²) < 4.78 is 17.2. The van der Waals surface area contributed by atoms with Crippen molar-refractivity contribution in [2.24, 2.45) is 0 Å². The number of allylic oxidation sites excluding steroid dienone is 1. The first kappa shape index (κ1) is 20.7. The van der Waals surface area contributed by atoms with Crippen LogP contribution in [0, 0.1) is 0 Å². The van der Waals surface area contributed by atoms with Gasteiger partial charge in [-0.05, 0) is 49.6 Å². The number of aryl methyl sites for hydroxylation is 1. The van der Waals surface area contributed by atoms with Crippen LogP contribution in [0.15, 0.2) is 59.0 Å². The topological polar surface area (TPSA) is 48.7 Å². The van der Waals surface area contributed by atoms with Gasteiger partial charge in [-0.1, -0.05) is 43.7 Å². The molecule has 152 valence electrons. The third-order valence-corrected chi connectivity index (χ3v) is 4.83. The molecule has 0 fully saturated rings. The number of ether oxygens (including phenoxy) is 2. The summed E-state index contributed by atoms with van der Waals surface area (Å²) >= 11 is 0. The van der Waals surface area contributed by atoms with E-state index in [0.29, 0.717) is 13.2 Å². The summed E-state index contributed by atoms with van der Waals surface area (Å²) in [6.07, 6.45) is 4.62. The highest BCUT2D eigenvalue weighted by Gasteiger charge is 2.14. The number of carbonyl (C=O) groups excluding carboxylic acids is 1. The van der Waals surface area contributed by atoms with Gasteiger partial charge in [0.2, 0.25) is 0 Å². The molecule has 0 saturated carbocycles. The van der Waals surface area contributed by atoms with Crippen molar-refractivity contribution in [1.29, 1.82) is 0 Å². The Balaban J connectivity index is 1.79. The highest BCUT2D eigenvalue weighted by Crippen LogP contribution is 2.29. The normalized spacial score (nSPS) is 11.6. The number of benzene rings is 2. The van der Waals surface area contributed by atoms with E-state index in [0.717, 1.165) is 58.4 Å². The molecule has 3 rings (SSSR count). The van der Waals surface area contributed by atoms with Gasteiger partial charge in [0.05, 0.1) is 6.61 Å². The molecule has 0 saturated heterocycles. The maximum atomic E-state index is 11.7. The largest absolute Gasteiger partial charge is 0.489 e. The monoisotopic (exact) mass is 392 g/mol. The Morgan fingerprint density at radius 1 is 1.10 bits per heavy atom. The fourth-order valence-electron chi connectivity index (χ4n) is 3.28. The maximum absolute atomic E-state index is 11.7. The Morgan fingerprint density at radius 3 is 2.72 bits per heavy atom. The van der Waals surface area contributed by atoms with Crippen LogP contribution in [0.25, 0.3) is 16.5 Å². The first-order valence-electron chi connectivity index (χ1n) is 10.2. The van der Waals surface area contributed by atoms with Crippen LogP contribution in [0.2, 0.25) is 0 Å². The van der Waals surface area contributed by atoms with E-state index in [1.807, 2.05) is 49.4 Å². The summed E-state index contributed by atoms with van der Waals surface area (Å²) in [5.74, 6) is 1.43. The van der Waals surface area contributed by atoms with Gasteiger partial charge in [-0.3, -0.25) is 0 Å². The van der Waals surface area contributed by atoms with E-state index in [-0.39, 0.29) is 5.97 Å². The zero-order valence-electron chi connectivity index (χ0n) is 17.4. The summed E-state index contributed by atoms with van der Waals surface area (Å²) in [6, 6.07) is 15.8. The Bertz CT molecular complexity index is 997.